The second kappa shape index (κ2) is 7.69. The fourth-order valence-electron chi connectivity index (χ4n) is 2.59. The molecule has 0 radical (unpaired) electrons. The van der Waals surface area contributed by atoms with E-state index in [1.807, 2.05) is 4.90 Å². The molecule has 1 aliphatic rings. The van der Waals surface area contributed by atoms with Gasteiger partial charge in [0, 0.05) is 44.4 Å². The lowest BCUT2D eigenvalue weighted by Gasteiger charge is -2.38. The number of carbonyl (C=O) groups is 1. The highest BCUT2D eigenvalue weighted by Crippen LogP contribution is 2.18. The largest absolute Gasteiger partial charge is 0.340 e. The van der Waals surface area contributed by atoms with Crippen LogP contribution in [0.4, 0.5) is 0 Å². The quantitative estimate of drug-likeness (QED) is 0.789. The summed E-state index contributed by atoms with van der Waals surface area (Å²) >= 11 is 4.55. The number of nitrogens with zero attached hydrogens (tertiary/aromatic N) is 2. The highest BCUT2D eigenvalue weighted by Gasteiger charge is 2.24. The van der Waals surface area contributed by atoms with Crippen LogP contribution in [0.5, 0.6) is 0 Å². The topological polar surface area (TPSA) is 23.6 Å². The Kier molecular flexibility index (Phi) is 6.86. The predicted molar refractivity (Wildman–Crippen MR) is 89.3 cm³/mol. The normalized spacial score (nSPS) is 19.4. The highest BCUT2D eigenvalue weighted by molar-refractivity contribution is 7.81. The maximum atomic E-state index is 12.2. The maximum absolute atomic E-state index is 12.2. The number of carbonyl (C=O) groups excluding carboxylic acids is 1. The van der Waals surface area contributed by atoms with Crippen molar-refractivity contribution in [1.29, 1.82) is 0 Å². The number of thiol groups is 1. The number of hydrogen-bond acceptors (Lipinski definition) is 3. The second-order valence-corrected chi connectivity index (χ2v) is 8.23. The standard InChI is InChI=1S/C16H32N2OS/c1-13(2)14(20)6-7-15(19)18-10-8-17(9-11-18)12-16(3,4)5/h13-14,20H,6-12H2,1-5H3. The number of rotatable bonds is 5. The van der Waals surface area contributed by atoms with Crippen LogP contribution in [0.3, 0.4) is 0 Å². The van der Waals surface area contributed by atoms with Gasteiger partial charge in [0.2, 0.25) is 5.91 Å². The van der Waals surface area contributed by atoms with Crippen LogP contribution >= 0.6 is 12.6 Å². The monoisotopic (exact) mass is 300 g/mol. The molecular weight excluding hydrogens is 268 g/mol. The lowest BCUT2D eigenvalue weighted by atomic mass is 9.96. The van der Waals surface area contributed by atoms with Crippen molar-refractivity contribution < 1.29 is 4.79 Å². The van der Waals surface area contributed by atoms with Crippen LogP contribution in [0.25, 0.3) is 0 Å². The summed E-state index contributed by atoms with van der Waals surface area (Å²) in [4.78, 5) is 16.7. The van der Waals surface area contributed by atoms with Crippen molar-refractivity contribution in [3.05, 3.63) is 0 Å². The fraction of sp³-hybridized carbons (Fsp3) is 0.938. The molecule has 3 nitrogen and oxygen atoms in total. The molecule has 0 aromatic rings. The first kappa shape index (κ1) is 17.8. The summed E-state index contributed by atoms with van der Waals surface area (Å²) in [5, 5.41) is 0.334. The average molecular weight is 301 g/mol. The molecule has 1 atom stereocenters. The molecule has 0 N–H and O–H groups in total. The molecule has 20 heavy (non-hydrogen) atoms. The van der Waals surface area contributed by atoms with Crippen LogP contribution in [-0.4, -0.2) is 53.7 Å². The maximum Gasteiger partial charge on any atom is 0.222 e. The molecule has 1 fully saturated rings. The summed E-state index contributed by atoms with van der Waals surface area (Å²) in [6.07, 6.45) is 1.54. The Labute approximate surface area is 130 Å². The molecule has 1 aliphatic heterocycles. The Morgan fingerprint density at radius 2 is 1.70 bits per heavy atom. The first-order valence-corrected chi connectivity index (χ1v) is 8.39. The number of piperazine rings is 1. The lowest BCUT2D eigenvalue weighted by molar-refractivity contribution is -0.133. The van der Waals surface area contributed by atoms with E-state index < -0.39 is 0 Å². The Balaban J connectivity index is 2.29. The minimum Gasteiger partial charge on any atom is -0.340 e. The summed E-state index contributed by atoms with van der Waals surface area (Å²) in [5.74, 6) is 0.842. The minimum absolute atomic E-state index is 0.306. The smallest absolute Gasteiger partial charge is 0.222 e. The molecule has 4 heteroatoms. The van der Waals surface area contributed by atoms with E-state index in [4.69, 9.17) is 0 Å². The molecule has 0 aromatic heterocycles. The van der Waals surface area contributed by atoms with Crippen molar-refractivity contribution in [1.82, 2.24) is 9.80 Å². The van der Waals surface area contributed by atoms with E-state index in [0.29, 0.717) is 28.9 Å². The van der Waals surface area contributed by atoms with E-state index in [2.05, 4.69) is 52.1 Å². The van der Waals surface area contributed by atoms with Crippen LogP contribution in [-0.2, 0) is 4.79 Å². The van der Waals surface area contributed by atoms with Crippen LogP contribution in [0, 0.1) is 11.3 Å². The zero-order chi connectivity index (χ0) is 15.3. The van der Waals surface area contributed by atoms with Crippen LogP contribution in [0.15, 0.2) is 0 Å². The summed E-state index contributed by atoms with van der Waals surface area (Å²) in [5.41, 5.74) is 0.336. The molecule has 1 saturated heterocycles. The van der Waals surface area contributed by atoms with Gasteiger partial charge in [-0.1, -0.05) is 34.6 Å². The summed E-state index contributed by atoms with van der Waals surface area (Å²) in [7, 11) is 0. The second-order valence-electron chi connectivity index (χ2n) is 7.57. The van der Waals surface area contributed by atoms with E-state index >= 15 is 0 Å². The Bertz CT molecular complexity index is 304. The van der Waals surface area contributed by atoms with Gasteiger partial charge in [-0.05, 0) is 17.8 Å². The third-order valence-electron chi connectivity index (χ3n) is 3.85. The van der Waals surface area contributed by atoms with Gasteiger partial charge in [0.05, 0.1) is 0 Å². The van der Waals surface area contributed by atoms with Crippen molar-refractivity contribution in [2.45, 2.75) is 52.7 Å². The molecule has 0 saturated carbocycles. The van der Waals surface area contributed by atoms with Gasteiger partial charge in [0.15, 0.2) is 0 Å². The lowest BCUT2D eigenvalue weighted by Crippen LogP contribution is -2.50. The van der Waals surface area contributed by atoms with Crippen molar-refractivity contribution in [2.75, 3.05) is 32.7 Å². The molecule has 1 rings (SSSR count). The molecule has 1 unspecified atom stereocenters. The predicted octanol–water partition coefficient (Wildman–Crippen LogP) is 2.91. The molecule has 1 heterocycles. The zero-order valence-corrected chi connectivity index (χ0v) is 14.7. The number of amides is 1. The van der Waals surface area contributed by atoms with E-state index in [1.165, 1.54) is 0 Å². The van der Waals surface area contributed by atoms with Crippen molar-refractivity contribution in [3.63, 3.8) is 0 Å². The Morgan fingerprint density at radius 3 is 2.15 bits per heavy atom. The van der Waals surface area contributed by atoms with Crippen LogP contribution < -0.4 is 0 Å². The third kappa shape index (κ3) is 6.49. The fourth-order valence-corrected chi connectivity index (χ4v) is 2.72. The van der Waals surface area contributed by atoms with Gasteiger partial charge in [0.25, 0.3) is 0 Å². The van der Waals surface area contributed by atoms with Crippen molar-refractivity contribution in [3.8, 4) is 0 Å². The summed E-state index contributed by atoms with van der Waals surface area (Å²) in [6, 6.07) is 0. The van der Waals surface area contributed by atoms with E-state index in [0.717, 1.165) is 39.1 Å². The van der Waals surface area contributed by atoms with E-state index in [9.17, 15) is 4.79 Å². The van der Waals surface area contributed by atoms with Gasteiger partial charge in [-0.3, -0.25) is 9.69 Å². The molecule has 0 spiro atoms. The van der Waals surface area contributed by atoms with E-state index in [1.54, 1.807) is 0 Å². The van der Waals surface area contributed by atoms with E-state index in [-0.39, 0.29) is 0 Å². The zero-order valence-electron chi connectivity index (χ0n) is 13.9. The first-order chi connectivity index (χ1) is 9.19. The van der Waals surface area contributed by atoms with Crippen LogP contribution in [0.1, 0.15) is 47.5 Å². The minimum atomic E-state index is 0.306. The van der Waals surface area contributed by atoms with Gasteiger partial charge < -0.3 is 4.90 Å². The van der Waals surface area contributed by atoms with Gasteiger partial charge in [-0.15, -0.1) is 0 Å². The van der Waals surface area contributed by atoms with Gasteiger partial charge >= 0.3 is 0 Å². The summed E-state index contributed by atoms with van der Waals surface area (Å²) in [6.45, 7) is 16.0. The molecule has 0 aliphatic carbocycles. The third-order valence-corrected chi connectivity index (χ3v) is 4.70. The highest BCUT2D eigenvalue weighted by atomic mass is 32.1. The average Bonchev–Trinajstić information content (AvgIpc) is 2.34. The number of hydrogen-bond donors (Lipinski definition) is 1. The molecule has 1 amide bonds. The molecule has 118 valence electrons. The Hall–Kier alpha value is -0.220. The summed E-state index contributed by atoms with van der Waals surface area (Å²) < 4.78 is 0. The first-order valence-electron chi connectivity index (χ1n) is 7.87. The van der Waals surface area contributed by atoms with Crippen molar-refractivity contribution >= 4 is 18.5 Å². The molecular formula is C16H32N2OS. The van der Waals surface area contributed by atoms with Gasteiger partial charge in [-0.2, -0.15) is 12.6 Å². The molecule has 0 aromatic carbocycles. The van der Waals surface area contributed by atoms with Gasteiger partial charge in [-0.25, -0.2) is 0 Å². The van der Waals surface area contributed by atoms with Crippen LogP contribution in [0.2, 0.25) is 0 Å². The van der Waals surface area contributed by atoms with Crippen molar-refractivity contribution in [2.24, 2.45) is 11.3 Å². The Morgan fingerprint density at radius 1 is 1.15 bits per heavy atom. The molecule has 0 bridgehead atoms. The SMILES string of the molecule is CC(C)C(S)CCC(=O)N1CCN(CC(C)(C)C)CC1. The van der Waals surface area contributed by atoms with Gasteiger partial charge in [0.1, 0.15) is 0 Å².